The van der Waals surface area contributed by atoms with E-state index in [1.165, 1.54) is 6.42 Å². The molecule has 0 amide bonds. The van der Waals surface area contributed by atoms with Gasteiger partial charge in [-0.05, 0) is 32.1 Å². The number of carbonyl (C=O) groups excluding carboxylic acids is 1. The normalized spacial score (nSPS) is 10.4. The predicted octanol–water partition coefficient (Wildman–Crippen LogP) is 4.21. The molecular weight excluding hydrogens is 184 g/mol. The van der Waals surface area contributed by atoms with Crippen molar-refractivity contribution in [3.8, 4) is 0 Å². The molecule has 0 spiro atoms. The summed E-state index contributed by atoms with van der Waals surface area (Å²) in [5, 5.41) is 0. The quantitative estimate of drug-likeness (QED) is 0.386. The van der Waals surface area contributed by atoms with E-state index in [-0.39, 0.29) is 0 Å². The highest BCUT2D eigenvalue weighted by atomic mass is 16.1. The van der Waals surface area contributed by atoms with E-state index in [0.717, 1.165) is 25.7 Å². The Morgan fingerprint density at radius 3 is 2.20 bits per heavy atom. The van der Waals surface area contributed by atoms with Crippen LogP contribution in [-0.2, 0) is 4.79 Å². The van der Waals surface area contributed by atoms with E-state index in [0.29, 0.717) is 18.6 Å². The van der Waals surface area contributed by atoms with Crippen LogP contribution in [0.3, 0.4) is 0 Å². The van der Waals surface area contributed by atoms with E-state index in [1.54, 1.807) is 6.08 Å². The van der Waals surface area contributed by atoms with Crippen LogP contribution in [0.4, 0.5) is 0 Å². The van der Waals surface area contributed by atoms with Gasteiger partial charge in [0, 0.05) is 12.8 Å². The van der Waals surface area contributed by atoms with Crippen molar-refractivity contribution in [2.75, 3.05) is 0 Å². The summed E-state index contributed by atoms with van der Waals surface area (Å²) < 4.78 is 0. The van der Waals surface area contributed by atoms with E-state index in [1.807, 2.05) is 6.08 Å². The molecule has 0 bridgehead atoms. The Labute approximate surface area is 93.6 Å². The molecule has 0 saturated carbocycles. The number of hydrogen-bond acceptors (Lipinski definition) is 1. The van der Waals surface area contributed by atoms with Gasteiger partial charge in [0.1, 0.15) is 5.78 Å². The molecule has 0 aliphatic carbocycles. The molecule has 0 radical (unpaired) electrons. The molecule has 1 heteroatoms. The van der Waals surface area contributed by atoms with Gasteiger partial charge in [-0.3, -0.25) is 4.79 Å². The number of hydrogen-bond donors (Lipinski definition) is 0. The number of allylic oxidation sites excluding steroid dienone is 4. The van der Waals surface area contributed by atoms with Crippen molar-refractivity contribution in [2.24, 2.45) is 0 Å². The highest BCUT2D eigenvalue weighted by Gasteiger charge is 1.96. The standard InChI is InChI=1S/C14H22O/c1-3-5-6-7-8-9-10-11-13-14(15)12-4-2/h3-4,8-9H,1-2,5-7,10-13H2. The van der Waals surface area contributed by atoms with Crippen molar-refractivity contribution in [3.05, 3.63) is 37.5 Å². The average Bonchev–Trinajstić information content (AvgIpc) is 2.22. The largest absolute Gasteiger partial charge is 0.299 e. The van der Waals surface area contributed by atoms with Crippen molar-refractivity contribution < 1.29 is 4.79 Å². The number of rotatable bonds is 10. The van der Waals surface area contributed by atoms with Crippen molar-refractivity contribution in [2.45, 2.75) is 44.9 Å². The first-order valence-corrected chi connectivity index (χ1v) is 5.69. The van der Waals surface area contributed by atoms with Gasteiger partial charge in [0.25, 0.3) is 0 Å². The van der Waals surface area contributed by atoms with Gasteiger partial charge in [0.15, 0.2) is 0 Å². The number of carbonyl (C=O) groups is 1. The molecule has 0 aliphatic rings. The molecule has 0 saturated heterocycles. The molecule has 0 N–H and O–H groups in total. The van der Waals surface area contributed by atoms with E-state index >= 15 is 0 Å². The highest BCUT2D eigenvalue weighted by molar-refractivity contribution is 5.79. The van der Waals surface area contributed by atoms with Crippen LogP contribution < -0.4 is 0 Å². The predicted molar refractivity (Wildman–Crippen MR) is 66.9 cm³/mol. The van der Waals surface area contributed by atoms with Crippen molar-refractivity contribution in [3.63, 3.8) is 0 Å². The Kier molecular flexibility index (Phi) is 10.2. The van der Waals surface area contributed by atoms with E-state index < -0.39 is 0 Å². The molecule has 0 aromatic rings. The Bertz CT molecular complexity index is 213. The van der Waals surface area contributed by atoms with Gasteiger partial charge in [-0.25, -0.2) is 0 Å². The van der Waals surface area contributed by atoms with Gasteiger partial charge in [0.05, 0.1) is 0 Å². The maximum absolute atomic E-state index is 11.1. The lowest BCUT2D eigenvalue weighted by Crippen LogP contribution is -1.94. The third-order valence-electron chi connectivity index (χ3n) is 2.14. The van der Waals surface area contributed by atoms with Crippen LogP contribution in [0.2, 0.25) is 0 Å². The molecule has 0 aromatic heterocycles. The molecule has 0 fully saturated rings. The van der Waals surface area contributed by atoms with Crippen LogP contribution in [0.15, 0.2) is 37.5 Å². The minimum atomic E-state index is 0.296. The van der Waals surface area contributed by atoms with Gasteiger partial charge in [0.2, 0.25) is 0 Å². The molecule has 0 aromatic carbocycles. The van der Waals surface area contributed by atoms with Crippen LogP contribution in [0.25, 0.3) is 0 Å². The second kappa shape index (κ2) is 11.0. The average molecular weight is 206 g/mol. The van der Waals surface area contributed by atoms with Gasteiger partial charge in [-0.1, -0.05) is 24.3 Å². The molecule has 0 unspecified atom stereocenters. The second-order valence-corrected chi connectivity index (χ2v) is 3.61. The summed E-state index contributed by atoms with van der Waals surface area (Å²) in [7, 11) is 0. The van der Waals surface area contributed by atoms with E-state index in [2.05, 4.69) is 25.3 Å². The number of ketones is 1. The number of unbranched alkanes of at least 4 members (excludes halogenated alkanes) is 3. The monoisotopic (exact) mass is 206 g/mol. The first-order chi connectivity index (χ1) is 7.31. The fraction of sp³-hybridized carbons (Fsp3) is 0.500. The van der Waals surface area contributed by atoms with Crippen LogP contribution in [0.5, 0.6) is 0 Å². The highest BCUT2D eigenvalue weighted by Crippen LogP contribution is 2.03. The Morgan fingerprint density at radius 1 is 0.933 bits per heavy atom. The van der Waals surface area contributed by atoms with E-state index in [9.17, 15) is 4.79 Å². The Balaban J connectivity index is 3.25. The minimum Gasteiger partial charge on any atom is -0.299 e. The molecule has 0 aliphatic heterocycles. The van der Waals surface area contributed by atoms with Gasteiger partial charge < -0.3 is 0 Å². The zero-order chi connectivity index (χ0) is 11.4. The first-order valence-electron chi connectivity index (χ1n) is 5.69. The molecule has 15 heavy (non-hydrogen) atoms. The Morgan fingerprint density at radius 2 is 1.60 bits per heavy atom. The maximum Gasteiger partial charge on any atom is 0.136 e. The van der Waals surface area contributed by atoms with Crippen LogP contribution in [0.1, 0.15) is 44.9 Å². The van der Waals surface area contributed by atoms with Crippen molar-refractivity contribution >= 4 is 5.78 Å². The van der Waals surface area contributed by atoms with Gasteiger partial charge in [-0.2, -0.15) is 0 Å². The summed E-state index contributed by atoms with van der Waals surface area (Å²) in [6.45, 7) is 7.22. The molecule has 0 rings (SSSR count). The summed E-state index contributed by atoms with van der Waals surface area (Å²) in [5.41, 5.74) is 0. The van der Waals surface area contributed by atoms with E-state index in [4.69, 9.17) is 0 Å². The summed E-state index contributed by atoms with van der Waals surface area (Å²) in [5.74, 6) is 0.296. The SMILES string of the molecule is C=CCCCC=CCCCC(=O)CC=C. The molecule has 84 valence electrons. The molecule has 1 nitrogen and oxygen atoms in total. The fourth-order valence-corrected chi connectivity index (χ4v) is 1.30. The minimum absolute atomic E-state index is 0.296. The van der Waals surface area contributed by atoms with Crippen LogP contribution >= 0.6 is 0 Å². The summed E-state index contributed by atoms with van der Waals surface area (Å²) in [4.78, 5) is 11.1. The third kappa shape index (κ3) is 10.8. The third-order valence-corrected chi connectivity index (χ3v) is 2.14. The summed E-state index contributed by atoms with van der Waals surface area (Å²) in [6, 6.07) is 0. The van der Waals surface area contributed by atoms with Gasteiger partial charge >= 0.3 is 0 Å². The van der Waals surface area contributed by atoms with Gasteiger partial charge in [-0.15, -0.1) is 13.2 Å². The van der Waals surface area contributed by atoms with Crippen LogP contribution in [0, 0.1) is 0 Å². The topological polar surface area (TPSA) is 17.1 Å². The summed E-state index contributed by atoms with van der Waals surface area (Å²) in [6.07, 6.45) is 14.5. The first kappa shape index (κ1) is 13.9. The van der Waals surface area contributed by atoms with Crippen molar-refractivity contribution in [1.82, 2.24) is 0 Å². The maximum atomic E-state index is 11.1. The lowest BCUT2D eigenvalue weighted by Gasteiger charge is -1.94. The van der Waals surface area contributed by atoms with Crippen molar-refractivity contribution in [1.29, 1.82) is 0 Å². The van der Waals surface area contributed by atoms with Crippen LogP contribution in [-0.4, -0.2) is 5.78 Å². The lowest BCUT2D eigenvalue weighted by atomic mass is 10.1. The lowest BCUT2D eigenvalue weighted by molar-refractivity contribution is -0.118. The smallest absolute Gasteiger partial charge is 0.136 e. The molecule has 0 atom stereocenters. The fourth-order valence-electron chi connectivity index (χ4n) is 1.30. The molecule has 0 heterocycles. The zero-order valence-electron chi connectivity index (χ0n) is 9.58. The second-order valence-electron chi connectivity index (χ2n) is 3.61. The summed E-state index contributed by atoms with van der Waals surface area (Å²) >= 11 is 0. The zero-order valence-corrected chi connectivity index (χ0v) is 9.58. The molecular formula is C14H22O. The number of Topliss-reactive ketones (excluding diaryl/α,β-unsaturated/α-hetero) is 1. The Hall–Kier alpha value is -1.11.